The molecule has 0 saturated carbocycles. The molecule has 0 saturated heterocycles. The van der Waals surface area contributed by atoms with Crippen LogP contribution in [-0.4, -0.2) is 45.6 Å². The Balaban J connectivity index is 0.000000270. The number of nitrogens with zero attached hydrogens (tertiary/aromatic N) is 3. The Hall–Kier alpha value is -1.32. The summed E-state index contributed by atoms with van der Waals surface area (Å²) in [6.45, 7) is -0.529. The van der Waals surface area contributed by atoms with Crippen LogP contribution in [0.2, 0.25) is 10.0 Å². The Morgan fingerprint density at radius 2 is 1.90 bits per heavy atom. The van der Waals surface area contributed by atoms with Gasteiger partial charge in [0.1, 0.15) is 0 Å². The predicted molar refractivity (Wildman–Crippen MR) is 78.8 cm³/mol. The summed E-state index contributed by atoms with van der Waals surface area (Å²) in [6.07, 6.45) is 3.06. The maximum absolute atomic E-state index is 9.63. The molecule has 2 rings (SSSR count). The van der Waals surface area contributed by atoms with Crippen LogP contribution in [0.1, 0.15) is 0 Å². The number of aliphatic hydroxyl groups excluding tert-OH is 1. The van der Waals surface area contributed by atoms with Crippen LogP contribution < -0.4 is 0 Å². The third-order valence-corrected chi connectivity index (χ3v) is 3.54. The third kappa shape index (κ3) is 6.32. The van der Waals surface area contributed by atoms with Gasteiger partial charge in [0.2, 0.25) is 0 Å². The van der Waals surface area contributed by atoms with E-state index in [0.29, 0.717) is 21.4 Å². The van der Waals surface area contributed by atoms with Crippen LogP contribution >= 0.6 is 23.2 Å². The molecule has 114 valence electrons. The summed E-state index contributed by atoms with van der Waals surface area (Å²) in [4.78, 5) is 4.03. The van der Waals surface area contributed by atoms with E-state index in [1.165, 1.54) is 6.20 Å². The van der Waals surface area contributed by atoms with Crippen molar-refractivity contribution in [2.45, 2.75) is 0 Å². The van der Waals surface area contributed by atoms with Gasteiger partial charge in [0, 0.05) is 11.8 Å². The molecule has 10 heteroatoms. The number of hydrogen-bond acceptors (Lipinski definition) is 6. The maximum atomic E-state index is 9.63. The molecule has 0 bridgehead atoms. The minimum Gasteiger partial charge on any atom is -0.395 e. The number of aromatic nitrogens is 3. The number of benzene rings is 1. The number of hydrogen-bond donors (Lipinski definition) is 2. The first kappa shape index (κ1) is 17.7. The standard InChI is InChI=1S/C9H5Cl2N3.C2H6O4S/c10-7-3-1-2-6(8(7)11)9-12-4-5-13-14-9;3-1-2-7(4,5)6/h1-5H;3H,1-2H2,(H,4,5,6). The van der Waals surface area contributed by atoms with Gasteiger partial charge in [-0.1, -0.05) is 29.3 Å². The molecule has 2 aromatic rings. The quantitative estimate of drug-likeness (QED) is 0.809. The van der Waals surface area contributed by atoms with E-state index in [1.807, 2.05) is 0 Å². The number of aliphatic hydroxyl groups is 1. The summed E-state index contributed by atoms with van der Waals surface area (Å²) in [6, 6.07) is 5.30. The van der Waals surface area contributed by atoms with Crippen LogP contribution in [-0.2, 0) is 10.1 Å². The van der Waals surface area contributed by atoms with Crippen LogP contribution in [0.3, 0.4) is 0 Å². The van der Waals surface area contributed by atoms with Crippen molar-refractivity contribution in [3.8, 4) is 11.4 Å². The van der Waals surface area contributed by atoms with Crippen molar-refractivity contribution in [2.75, 3.05) is 12.4 Å². The van der Waals surface area contributed by atoms with E-state index in [-0.39, 0.29) is 0 Å². The first-order chi connectivity index (χ1) is 9.85. The van der Waals surface area contributed by atoms with Gasteiger partial charge in [0.15, 0.2) is 5.82 Å². The van der Waals surface area contributed by atoms with Crippen molar-refractivity contribution < 1.29 is 18.1 Å². The first-order valence-electron chi connectivity index (χ1n) is 5.49. The molecule has 0 aliphatic heterocycles. The molecule has 1 aromatic carbocycles. The molecule has 0 amide bonds. The smallest absolute Gasteiger partial charge is 0.267 e. The Bertz CT molecular complexity index is 683. The molecule has 2 N–H and O–H groups in total. The molecule has 1 heterocycles. The lowest BCUT2D eigenvalue weighted by Gasteiger charge is -2.02. The van der Waals surface area contributed by atoms with Gasteiger partial charge in [-0.2, -0.15) is 13.5 Å². The molecule has 0 unspecified atom stereocenters. The Morgan fingerprint density at radius 1 is 1.19 bits per heavy atom. The molecular weight excluding hydrogens is 341 g/mol. The van der Waals surface area contributed by atoms with E-state index in [2.05, 4.69) is 15.2 Å². The van der Waals surface area contributed by atoms with Gasteiger partial charge < -0.3 is 5.11 Å². The van der Waals surface area contributed by atoms with E-state index in [4.69, 9.17) is 32.9 Å². The fraction of sp³-hybridized carbons (Fsp3) is 0.182. The Kier molecular flexibility index (Phi) is 6.93. The molecule has 0 spiro atoms. The topological polar surface area (TPSA) is 113 Å². The zero-order valence-electron chi connectivity index (χ0n) is 10.5. The van der Waals surface area contributed by atoms with Gasteiger partial charge in [-0.25, -0.2) is 4.98 Å². The van der Waals surface area contributed by atoms with E-state index in [9.17, 15) is 8.42 Å². The SMILES string of the molecule is Clc1cccc(-c2nccnn2)c1Cl.O=S(=O)(O)CCO. The van der Waals surface area contributed by atoms with Crippen LogP contribution in [0.5, 0.6) is 0 Å². The minimum atomic E-state index is -3.92. The monoisotopic (exact) mass is 351 g/mol. The lowest BCUT2D eigenvalue weighted by atomic mass is 10.2. The predicted octanol–water partition coefficient (Wildman–Crippen LogP) is 1.71. The van der Waals surface area contributed by atoms with Crippen LogP contribution in [0.4, 0.5) is 0 Å². The van der Waals surface area contributed by atoms with E-state index in [0.717, 1.165) is 0 Å². The molecule has 0 aliphatic rings. The zero-order valence-corrected chi connectivity index (χ0v) is 12.8. The summed E-state index contributed by atoms with van der Waals surface area (Å²) in [5.41, 5.74) is 0.687. The summed E-state index contributed by atoms with van der Waals surface area (Å²) >= 11 is 11.8. The van der Waals surface area contributed by atoms with Gasteiger partial charge in [0.25, 0.3) is 10.1 Å². The Morgan fingerprint density at radius 3 is 2.38 bits per heavy atom. The van der Waals surface area contributed by atoms with E-state index >= 15 is 0 Å². The van der Waals surface area contributed by atoms with Crippen LogP contribution in [0.25, 0.3) is 11.4 Å². The highest BCUT2D eigenvalue weighted by molar-refractivity contribution is 7.85. The summed E-state index contributed by atoms with van der Waals surface area (Å²) in [7, 11) is -3.92. The van der Waals surface area contributed by atoms with E-state index in [1.54, 1.807) is 24.4 Å². The number of rotatable bonds is 3. The largest absolute Gasteiger partial charge is 0.395 e. The minimum absolute atomic E-state index is 0.446. The molecule has 0 aliphatic carbocycles. The molecule has 0 radical (unpaired) electrons. The third-order valence-electron chi connectivity index (χ3n) is 2.02. The summed E-state index contributed by atoms with van der Waals surface area (Å²) in [5, 5.41) is 16.4. The highest BCUT2D eigenvalue weighted by Crippen LogP contribution is 2.30. The van der Waals surface area contributed by atoms with Gasteiger partial charge in [-0.05, 0) is 12.1 Å². The van der Waals surface area contributed by atoms with Gasteiger partial charge in [0.05, 0.1) is 28.6 Å². The van der Waals surface area contributed by atoms with Gasteiger partial charge in [-0.3, -0.25) is 4.55 Å². The first-order valence-corrected chi connectivity index (χ1v) is 7.85. The second kappa shape index (κ2) is 8.20. The lowest BCUT2D eigenvalue weighted by molar-refractivity contribution is 0.315. The van der Waals surface area contributed by atoms with Crippen molar-refractivity contribution in [3.63, 3.8) is 0 Å². The van der Waals surface area contributed by atoms with Crippen molar-refractivity contribution >= 4 is 33.3 Å². The maximum Gasteiger partial charge on any atom is 0.267 e. The average Bonchev–Trinajstić information content (AvgIpc) is 2.42. The number of halogens is 2. The van der Waals surface area contributed by atoms with Gasteiger partial charge >= 0.3 is 0 Å². The molecule has 0 fully saturated rings. The van der Waals surface area contributed by atoms with Gasteiger partial charge in [-0.15, -0.1) is 5.10 Å². The molecule has 0 atom stereocenters. The van der Waals surface area contributed by atoms with Crippen molar-refractivity contribution in [3.05, 3.63) is 40.6 Å². The fourth-order valence-electron chi connectivity index (χ4n) is 1.16. The van der Waals surface area contributed by atoms with E-state index < -0.39 is 22.5 Å². The fourth-order valence-corrected chi connectivity index (χ4v) is 1.78. The van der Waals surface area contributed by atoms with Crippen LogP contribution in [0, 0.1) is 0 Å². The second-order valence-electron chi connectivity index (χ2n) is 3.58. The molecule has 7 nitrogen and oxygen atoms in total. The Labute approximate surface area is 131 Å². The highest BCUT2D eigenvalue weighted by Gasteiger charge is 2.08. The summed E-state index contributed by atoms with van der Waals surface area (Å²) in [5.74, 6) is -0.104. The molecule has 21 heavy (non-hydrogen) atoms. The second-order valence-corrected chi connectivity index (χ2v) is 5.93. The van der Waals surface area contributed by atoms with Crippen LogP contribution in [0.15, 0.2) is 30.6 Å². The van der Waals surface area contributed by atoms with Crippen molar-refractivity contribution in [1.82, 2.24) is 15.2 Å². The highest BCUT2D eigenvalue weighted by atomic mass is 35.5. The van der Waals surface area contributed by atoms with Crippen molar-refractivity contribution in [1.29, 1.82) is 0 Å². The molecular formula is C11H11Cl2N3O4S. The lowest BCUT2D eigenvalue weighted by Crippen LogP contribution is -2.06. The summed E-state index contributed by atoms with van der Waals surface area (Å²) < 4.78 is 27.1. The average molecular weight is 352 g/mol. The zero-order chi connectivity index (χ0) is 15.9. The molecule has 1 aromatic heterocycles. The normalized spacial score (nSPS) is 10.7. The van der Waals surface area contributed by atoms with Crippen molar-refractivity contribution in [2.24, 2.45) is 0 Å².